The molecule has 0 aliphatic heterocycles. The quantitative estimate of drug-likeness (QED) is 0.803. The molecule has 0 spiro atoms. The molecule has 1 aliphatic rings. The molecule has 1 aliphatic carbocycles. The number of pyridine rings is 1. The number of benzene rings is 1. The van der Waals surface area contributed by atoms with Crippen LogP contribution in [0.4, 0.5) is 0 Å². The fraction of sp³-hybridized carbons (Fsp3) is 0.250. The first-order chi connectivity index (χ1) is 9.79. The van der Waals surface area contributed by atoms with E-state index in [1.165, 1.54) is 5.56 Å². The molecule has 102 valence electrons. The van der Waals surface area contributed by atoms with E-state index in [-0.39, 0.29) is 18.2 Å². The van der Waals surface area contributed by atoms with E-state index in [1.54, 1.807) is 31.6 Å². The van der Waals surface area contributed by atoms with Crippen molar-refractivity contribution in [1.29, 1.82) is 0 Å². The molecule has 1 aromatic carbocycles. The van der Waals surface area contributed by atoms with E-state index in [4.69, 9.17) is 9.47 Å². The highest BCUT2D eigenvalue weighted by atomic mass is 16.6. The summed E-state index contributed by atoms with van der Waals surface area (Å²) in [5, 5.41) is 0. The molecule has 0 fully saturated rings. The molecule has 0 N–H and O–H groups in total. The number of aromatic nitrogens is 1. The largest absolute Gasteiger partial charge is 0.455 e. The van der Waals surface area contributed by atoms with Crippen molar-refractivity contribution < 1.29 is 14.3 Å². The van der Waals surface area contributed by atoms with Crippen LogP contribution in [-0.4, -0.2) is 24.2 Å². The minimum absolute atomic E-state index is 0.197. The van der Waals surface area contributed by atoms with Gasteiger partial charge in [0.25, 0.3) is 0 Å². The van der Waals surface area contributed by atoms with Gasteiger partial charge in [0, 0.05) is 25.9 Å². The Kier molecular flexibility index (Phi) is 3.48. The number of nitrogens with zero attached hydrogens (tertiary/aromatic N) is 1. The van der Waals surface area contributed by atoms with Gasteiger partial charge < -0.3 is 9.47 Å². The van der Waals surface area contributed by atoms with Crippen LogP contribution in [0, 0.1) is 0 Å². The second-order valence-electron chi connectivity index (χ2n) is 4.74. The maximum absolute atomic E-state index is 12.1. The predicted molar refractivity (Wildman–Crippen MR) is 73.3 cm³/mol. The minimum Gasteiger partial charge on any atom is -0.455 e. The summed E-state index contributed by atoms with van der Waals surface area (Å²) in [5.41, 5.74) is 2.78. The molecule has 4 nitrogen and oxygen atoms in total. The zero-order valence-corrected chi connectivity index (χ0v) is 11.2. The molecular formula is C16H15NO3. The number of fused-ring (bicyclic) bond motifs is 1. The van der Waals surface area contributed by atoms with Crippen LogP contribution in [0.5, 0.6) is 0 Å². The topological polar surface area (TPSA) is 48.4 Å². The van der Waals surface area contributed by atoms with Crippen LogP contribution in [0.2, 0.25) is 0 Å². The summed E-state index contributed by atoms with van der Waals surface area (Å²) in [7, 11) is 1.64. The van der Waals surface area contributed by atoms with E-state index in [2.05, 4.69) is 4.98 Å². The molecule has 2 atom stereocenters. The first-order valence-corrected chi connectivity index (χ1v) is 6.51. The Morgan fingerprint density at radius 3 is 2.70 bits per heavy atom. The Morgan fingerprint density at radius 1 is 1.20 bits per heavy atom. The smallest absolute Gasteiger partial charge is 0.338 e. The average Bonchev–Trinajstić information content (AvgIpc) is 2.85. The zero-order valence-electron chi connectivity index (χ0n) is 11.2. The van der Waals surface area contributed by atoms with Crippen molar-refractivity contribution in [2.75, 3.05) is 7.11 Å². The Bertz CT molecular complexity index is 612. The molecular weight excluding hydrogens is 254 g/mol. The van der Waals surface area contributed by atoms with Gasteiger partial charge in [-0.1, -0.05) is 24.3 Å². The van der Waals surface area contributed by atoms with Crippen molar-refractivity contribution in [2.24, 2.45) is 0 Å². The molecule has 0 saturated heterocycles. The summed E-state index contributed by atoms with van der Waals surface area (Å²) in [6.45, 7) is 0. The Hall–Kier alpha value is -2.20. The fourth-order valence-corrected chi connectivity index (χ4v) is 2.60. The van der Waals surface area contributed by atoms with Crippen LogP contribution in [0.15, 0.2) is 48.8 Å². The monoisotopic (exact) mass is 269 g/mol. The minimum atomic E-state index is -0.341. The lowest BCUT2D eigenvalue weighted by atomic mass is 10.1. The fourth-order valence-electron chi connectivity index (χ4n) is 2.60. The molecule has 2 unspecified atom stereocenters. The first-order valence-electron chi connectivity index (χ1n) is 6.51. The maximum Gasteiger partial charge on any atom is 0.338 e. The van der Waals surface area contributed by atoms with Crippen LogP contribution >= 0.6 is 0 Å². The second-order valence-corrected chi connectivity index (χ2v) is 4.74. The number of carbonyl (C=O) groups is 1. The number of hydrogen-bond acceptors (Lipinski definition) is 4. The number of rotatable bonds is 3. The average molecular weight is 269 g/mol. The molecule has 0 saturated carbocycles. The van der Waals surface area contributed by atoms with Crippen molar-refractivity contribution in [3.05, 3.63) is 65.5 Å². The Labute approximate surface area is 117 Å². The number of methoxy groups -OCH3 is 1. The van der Waals surface area contributed by atoms with E-state index < -0.39 is 0 Å². The lowest BCUT2D eigenvalue weighted by Crippen LogP contribution is -2.23. The van der Waals surface area contributed by atoms with Crippen LogP contribution in [0.25, 0.3) is 0 Å². The van der Waals surface area contributed by atoms with Gasteiger partial charge in [-0.25, -0.2) is 4.79 Å². The van der Waals surface area contributed by atoms with E-state index in [9.17, 15) is 4.79 Å². The Balaban J connectivity index is 1.78. The zero-order chi connectivity index (χ0) is 13.9. The predicted octanol–water partition coefficient (Wildman–Crippen LogP) is 2.55. The second kappa shape index (κ2) is 5.43. The van der Waals surface area contributed by atoms with Gasteiger partial charge in [0.05, 0.1) is 5.56 Å². The molecule has 0 radical (unpaired) electrons. The van der Waals surface area contributed by atoms with Gasteiger partial charge in [0.2, 0.25) is 0 Å². The van der Waals surface area contributed by atoms with E-state index >= 15 is 0 Å². The SMILES string of the molecule is COC1c2ccccc2CC1OC(=O)c1ccncc1. The lowest BCUT2D eigenvalue weighted by Gasteiger charge is -2.19. The van der Waals surface area contributed by atoms with Gasteiger partial charge in [-0.3, -0.25) is 4.98 Å². The van der Waals surface area contributed by atoms with Gasteiger partial charge >= 0.3 is 5.97 Å². The number of ether oxygens (including phenoxy) is 2. The first kappa shape index (κ1) is 12.8. The standard InChI is InChI=1S/C16H15NO3/c1-19-15-13-5-3-2-4-12(13)10-14(15)20-16(18)11-6-8-17-9-7-11/h2-9,14-15H,10H2,1H3. The lowest BCUT2D eigenvalue weighted by molar-refractivity contribution is -0.0282. The molecule has 1 heterocycles. The van der Waals surface area contributed by atoms with Crippen molar-refractivity contribution in [2.45, 2.75) is 18.6 Å². The third-order valence-corrected chi connectivity index (χ3v) is 3.55. The summed E-state index contributed by atoms with van der Waals surface area (Å²) in [5.74, 6) is -0.341. The van der Waals surface area contributed by atoms with Crippen LogP contribution in [0.3, 0.4) is 0 Å². The van der Waals surface area contributed by atoms with Gasteiger partial charge in [0.15, 0.2) is 0 Å². The molecule has 20 heavy (non-hydrogen) atoms. The van der Waals surface area contributed by atoms with Crippen molar-refractivity contribution in [3.8, 4) is 0 Å². The van der Waals surface area contributed by atoms with E-state index in [0.29, 0.717) is 12.0 Å². The third-order valence-electron chi connectivity index (χ3n) is 3.55. The number of carbonyl (C=O) groups excluding carboxylic acids is 1. The van der Waals surface area contributed by atoms with Crippen LogP contribution in [-0.2, 0) is 15.9 Å². The third kappa shape index (κ3) is 2.30. The van der Waals surface area contributed by atoms with Gasteiger partial charge in [-0.2, -0.15) is 0 Å². The normalized spacial score (nSPS) is 20.4. The molecule has 2 aromatic rings. The number of hydrogen-bond donors (Lipinski definition) is 0. The molecule has 1 aromatic heterocycles. The summed E-state index contributed by atoms with van der Waals surface area (Å²) in [6.07, 6.45) is 3.36. The Morgan fingerprint density at radius 2 is 1.95 bits per heavy atom. The van der Waals surface area contributed by atoms with E-state index in [0.717, 1.165) is 5.56 Å². The highest BCUT2D eigenvalue weighted by Gasteiger charge is 2.35. The van der Waals surface area contributed by atoms with Crippen LogP contribution < -0.4 is 0 Å². The molecule has 4 heteroatoms. The summed E-state index contributed by atoms with van der Waals surface area (Å²) >= 11 is 0. The molecule has 3 rings (SSSR count). The summed E-state index contributed by atoms with van der Waals surface area (Å²) < 4.78 is 11.1. The van der Waals surface area contributed by atoms with Gasteiger partial charge in [-0.15, -0.1) is 0 Å². The number of esters is 1. The maximum atomic E-state index is 12.1. The highest BCUT2D eigenvalue weighted by Crippen LogP contribution is 2.35. The van der Waals surface area contributed by atoms with Crippen molar-refractivity contribution >= 4 is 5.97 Å². The summed E-state index contributed by atoms with van der Waals surface area (Å²) in [6, 6.07) is 11.3. The van der Waals surface area contributed by atoms with Gasteiger partial charge in [0.1, 0.15) is 12.2 Å². The van der Waals surface area contributed by atoms with Gasteiger partial charge in [-0.05, 0) is 23.3 Å². The highest BCUT2D eigenvalue weighted by molar-refractivity contribution is 5.89. The molecule has 0 bridgehead atoms. The van der Waals surface area contributed by atoms with Crippen molar-refractivity contribution in [1.82, 2.24) is 4.98 Å². The van der Waals surface area contributed by atoms with Crippen LogP contribution in [0.1, 0.15) is 27.6 Å². The molecule has 0 amide bonds. The van der Waals surface area contributed by atoms with Crippen molar-refractivity contribution in [3.63, 3.8) is 0 Å². The summed E-state index contributed by atoms with van der Waals surface area (Å²) in [4.78, 5) is 16.0. The van der Waals surface area contributed by atoms with E-state index in [1.807, 2.05) is 24.3 Å².